The fraction of sp³-hybridized carbons (Fsp3) is 0.632. The highest BCUT2D eigenvalue weighted by Gasteiger charge is 2.23. The van der Waals surface area contributed by atoms with Crippen molar-refractivity contribution in [3.63, 3.8) is 0 Å². The lowest BCUT2D eigenvalue weighted by Gasteiger charge is -2.37. The van der Waals surface area contributed by atoms with E-state index in [-0.39, 0.29) is 0 Å². The normalized spacial score (nSPS) is 20.6. The van der Waals surface area contributed by atoms with Gasteiger partial charge in [-0.1, -0.05) is 30.3 Å². The first-order valence-electron chi connectivity index (χ1n) is 9.10. The fourth-order valence-electron chi connectivity index (χ4n) is 3.03. The Morgan fingerprint density at radius 3 is 2.83 bits per heavy atom. The molecule has 0 aromatic heterocycles. The molecular formula is C19H32N4O. The highest BCUT2D eigenvalue weighted by molar-refractivity contribution is 5.79. The quantitative estimate of drug-likeness (QED) is 0.591. The van der Waals surface area contributed by atoms with Gasteiger partial charge in [0.1, 0.15) is 0 Å². The van der Waals surface area contributed by atoms with E-state index in [2.05, 4.69) is 66.6 Å². The van der Waals surface area contributed by atoms with Crippen molar-refractivity contribution in [2.75, 3.05) is 39.4 Å². The highest BCUT2D eigenvalue weighted by atomic mass is 16.5. The molecule has 134 valence electrons. The van der Waals surface area contributed by atoms with E-state index in [4.69, 9.17) is 9.73 Å². The number of benzene rings is 1. The number of nitrogens with one attached hydrogen (secondary N) is 2. The van der Waals surface area contributed by atoms with E-state index in [9.17, 15) is 0 Å². The first kappa shape index (κ1) is 18.7. The largest absolute Gasteiger partial charge is 0.379 e. The Balaban J connectivity index is 1.80. The molecule has 1 aromatic rings. The molecule has 0 aliphatic carbocycles. The third-order valence-corrected chi connectivity index (χ3v) is 4.39. The van der Waals surface area contributed by atoms with Crippen molar-refractivity contribution in [2.45, 2.75) is 39.3 Å². The van der Waals surface area contributed by atoms with Gasteiger partial charge in [0.15, 0.2) is 5.96 Å². The fourth-order valence-corrected chi connectivity index (χ4v) is 3.03. The van der Waals surface area contributed by atoms with Gasteiger partial charge in [0.2, 0.25) is 0 Å². The van der Waals surface area contributed by atoms with Gasteiger partial charge in [-0.25, -0.2) is 0 Å². The number of guanidine groups is 1. The molecule has 1 aliphatic heterocycles. The minimum absolute atomic E-state index is 0.425. The van der Waals surface area contributed by atoms with E-state index >= 15 is 0 Å². The van der Waals surface area contributed by atoms with Crippen LogP contribution in [0.3, 0.4) is 0 Å². The van der Waals surface area contributed by atoms with Crippen molar-refractivity contribution in [3.05, 3.63) is 35.9 Å². The Kier molecular flexibility index (Phi) is 8.05. The standard InChI is InChI=1S/C19H32N4O/c1-4-20-19(21-11-10-18-8-6-5-7-9-18)22-14-16(2)23-12-13-24-15-17(23)3/h5-9,16-17H,4,10-15H2,1-3H3,(H2,20,21,22). The second kappa shape index (κ2) is 10.3. The molecule has 2 unspecified atom stereocenters. The predicted molar refractivity (Wildman–Crippen MR) is 101 cm³/mol. The first-order chi connectivity index (χ1) is 11.7. The van der Waals surface area contributed by atoms with E-state index in [1.807, 2.05) is 0 Å². The second-order valence-corrected chi connectivity index (χ2v) is 6.39. The Labute approximate surface area is 146 Å². The van der Waals surface area contributed by atoms with Crippen molar-refractivity contribution in [1.82, 2.24) is 15.5 Å². The van der Waals surface area contributed by atoms with Gasteiger partial charge in [-0.15, -0.1) is 0 Å². The first-order valence-corrected chi connectivity index (χ1v) is 9.10. The maximum atomic E-state index is 5.52. The van der Waals surface area contributed by atoms with Crippen LogP contribution in [-0.4, -0.2) is 62.3 Å². The summed E-state index contributed by atoms with van der Waals surface area (Å²) in [5.74, 6) is 0.904. The number of ether oxygens (including phenoxy) is 1. The van der Waals surface area contributed by atoms with Gasteiger partial charge in [0.25, 0.3) is 0 Å². The van der Waals surface area contributed by atoms with Crippen LogP contribution in [-0.2, 0) is 11.2 Å². The molecule has 1 heterocycles. The lowest BCUT2D eigenvalue weighted by Crippen LogP contribution is -2.49. The van der Waals surface area contributed by atoms with Gasteiger partial charge in [-0.3, -0.25) is 9.89 Å². The Morgan fingerprint density at radius 2 is 2.12 bits per heavy atom. The zero-order chi connectivity index (χ0) is 17.2. The summed E-state index contributed by atoms with van der Waals surface area (Å²) in [6.07, 6.45) is 1.00. The summed E-state index contributed by atoms with van der Waals surface area (Å²) >= 11 is 0. The molecule has 24 heavy (non-hydrogen) atoms. The summed E-state index contributed by atoms with van der Waals surface area (Å²) < 4.78 is 5.52. The Hall–Kier alpha value is -1.59. The van der Waals surface area contributed by atoms with Gasteiger partial charge < -0.3 is 15.4 Å². The molecule has 2 atom stereocenters. The summed E-state index contributed by atoms with van der Waals surface area (Å²) in [6, 6.07) is 11.4. The minimum Gasteiger partial charge on any atom is -0.379 e. The number of aliphatic imine (C=N–C) groups is 1. The van der Waals surface area contributed by atoms with Gasteiger partial charge >= 0.3 is 0 Å². The van der Waals surface area contributed by atoms with Crippen LogP contribution in [0.5, 0.6) is 0 Å². The molecule has 1 fully saturated rings. The molecular weight excluding hydrogens is 300 g/mol. The molecule has 0 bridgehead atoms. The van der Waals surface area contributed by atoms with E-state index in [1.54, 1.807) is 0 Å². The van der Waals surface area contributed by atoms with Crippen LogP contribution >= 0.6 is 0 Å². The van der Waals surface area contributed by atoms with Gasteiger partial charge in [0.05, 0.1) is 19.8 Å². The number of rotatable bonds is 7. The third-order valence-electron chi connectivity index (χ3n) is 4.39. The van der Waals surface area contributed by atoms with Crippen LogP contribution in [0.25, 0.3) is 0 Å². The molecule has 2 rings (SSSR count). The van der Waals surface area contributed by atoms with Gasteiger partial charge in [0, 0.05) is 31.7 Å². The molecule has 0 amide bonds. The molecule has 5 nitrogen and oxygen atoms in total. The average molecular weight is 332 g/mol. The number of nitrogens with zero attached hydrogens (tertiary/aromatic N) is 2. The van der Waals surface area contributed by atoms with Crippen LogP contribution in [0.2, 0.25) is 0 Å². The lowest BCUT2D eigenvalue weighted by molar-refractivity contribution is -0.0165. The van der Waals surface area contributed by atoms with Crippen molar-refractivity contribution in [2.24, 2.45) is 4.99 Å². The zero-order valence-electron chi connectivity index (χ0n) is 15.3. The van der Waals surface area contributed by atoms with Gasteiger partial charge in [-0.2, -0.15) is 0 Å². The maximum Gasteiger partial charge on any atom is 0.191 e. The zero-order valence-corrected chi connectivity index (χ0v) is 15.3. The second-order valence-electron chi connectivity index (χ2n) is 6.39. The lowest BCUT2D eigenvalue weighted by atomic mass is 10.1. The van der Waals surface area contributed by atoms with E-state index in [0.717, 1.165) is 51.8 Å². The molecule has 2 N–H and O–H groups in total. The van der Waals surface area contributed by atoms with E-state index in [1.165, 1.54) is 5.56 Å². The molecule has 0 spiro atoms. The topological polar surface area (TPSA) is 48.9 Å². The molecule has 1 aliphatic rings. The number of hydrogen-bond acceptors (Lipinski definition) is 3. The Bertz CT molecular complexity index is 491. The summed E-state index contributed by atoms with van der Waals surface area (Å²) in [5, 5.41) is 6.77. The van der Waals surface area contributed by atoms with Crippen LogP contribution in [0.4, 0.5) is 0 Å². The van der Waals surface area contributed by atoms with Crippen LogP contribution in [0.15, 0.2) is 35.3 Å². The highest BCUT2D eigenvalue weighted by Crippen LogP contribution is 2.10. The van der Waals surface area contributed by atoms with E-state index < -0.39 is 0 Å². The molecule has 5 heteroatoms. The van der Waals surface area contributed by atoms with Crippen LogP contribution < -0.4 is 10.6 Å². The summed E-state index contributed by atoms with van der Waals surface area (Å²) in [4.78, 5) is 7.25. The summed E-state index contributed by atoms with van der Waals surface area (Å²) in [5.41, 5.74) is 1.34. The van der Waals surface area contributed by atoms with Crippen molar-refractivity contribution >= 4 is 5.96 Å². The summed E-state index contributed by atoms with van der Waals surface area (Å²) in [7, 11) is 0. The molecule has 0 saturated carbocycles. The third kappa shape index (κ3) is 6.13. The van der Waals surface area contributed by atoms with Crippen molar-refractivity contribution in [3.8, 4) is 0 Å². The maximum absolute atomic E-state index is 5.52. The van der Waals surface area contributed by atoms with Crippen molar-refractivity contribution < 1.29 is 4.74 Å². The smallest absolute Gasteiger partial charge is 0.191 e. The number of hydrogen-bond donors (Lipinski definition) is 2. The average Bonchev–Trinajstić information content (AvgIpc) is 2.60. The SMILES string of the molecule is CCNC(=NCC(C)N1CCOCC1C)NCCc1ccccc1. The van der Waals surface area contributed by atoms with Crippen LogP contribution in [0, 0.1) is 0 Å². The van der Waals surface area contributed by atoms with Crippen LogP contribution in [0.1, 0.15) is 26.3 Å². The minimum atomic E-state index is 0.425. The molecule has 0 radical (unpaired) electrons. The van der Waals surface area contributed by atoms with Gasteiger partial charge in [-0.05, 0) is 32.8 Å². The monoisotopic (exact) mass is 332 g/mol. The Morgan fingerprint density at radius 1 is 1.33 bits per heavy atom. The summed E-state index contributed by atoms with van der Waals surface area (Å²) in [6.45, 7) is 11.8. The molecule has 1 aromatic carbocycles. The van der Waals surface area contributed by atoms with E-state index in [0.29, 0.717) is 12.1 Å². The molecule has 1 saturated heterocycles. The number of morpholine rings is 1. The predicted octanol–water partition coefficient (Wildman–Crippen LogP) is 1.89. The van der Waals surface area contributed by atoms with Crippen molar-refractivity contribution in [1.29, 1.82) is 0 Å².